The number of aliphatic carboxylic acids is 1. The number of carbonyl (C=O) groups excluding carboxylic acids is 4. The van der Waals surface area contributed by atoms with E-state index in [1.54, 1.807) is 12.1 Å². The summed E-state index contributed by atoms with van der Waals surface area (Å²) >= 11 is 0. The highest BCUT2D eigenvalue weighted by atomic mass is 16.4. The molecule has 1 aromatic carbocycles. The normalized spacial score (nSPS) is 26.5. The van der Waals surface area contributed by atoms with E-state index in [-0.39, 0.29) is 36.8 Å². The van der Waals surface area contributed by atoms with E-state index in [4.69, 9.17) is 0 Å². The van der Waals surface area contributed by atoms with Crippen LogP contribution in [0.15, 0.2) is 18.2 Å². The molecule has 1 unspecified atom stereocenters. The summed E-state index contributed by atoms with van der Waals surface area (Å²) in [4.78, 5) is 63.8. The zero-order valence-electron chi connectivity index (χ0n) is 15.9. The maximum absolute atomic E-state index is 13.0. The van der Waals surface area contributed by atoms with Crippen LogP contribution in [0, 0.1) is 0 Å². The zero-order chi connectivity index (χ0) is 20.9. The minimum Gasteiger partial charge on any atom is -0.480 e. The van der Waals surface area contributed by atoms with E-state index in [0.717, 1.165) is 0 Å². The standard InChI is InChI=1S/C20H21N3O6/c1-20(19(28)29)7-2-8-23(20)17(26)11-3-4-12-10-22(18(27)13(12)9-11)14-5-6-15(24)21-16(14)25/h3-4,9,14H,2,5-8,10H2,1H3,(H,28,29)(H,21,24,25)/t14?,20-/m1/s1. The van der Waals surface area contributed by atoms with Gasteiger partial charge in [-0.3, -0.25) is 24.5 Å². The van der Waals surface area contributed by atoms with Crippen LogP contribution in [0.25, 0.3) is 0 Å². The van der Waals surface area contributed by atoms with Crippen molar-refractivity contribution in [2.24, 2.45) is 0 Å². The van der Waals surface area contributed by atoms with E-state index in [1.807, 2.05) is 0 Å². The molecule has 0 aromatic heterocycles. The lowest BCUT2D eigenvalue weighted by Crippen LogP contribution is -2.52. The number of carboxylic acids is 1. The van der Waals surface area contributed by atoms with Gasteiger partial charge in [-0.2, -0.15) is 0 Å². The minimum absolute atomic E-state index is 0.170. The van der Waals surface area contributed by atoms with Crippen molar-refractivity contribution in [1.82, 2.24) is 15.1 Å². The second-order valence-electron chi connectivity index (χ2n) is 7.91. The van der Waals surface area contributed by atoms with Gasteiger partial charge < -0.3 is 14.9 Å². The highest BCUT2D eigenvalue weighted by molar-refractivity contribution is 6.07. The van der Waals surface area contributed by atoms with Gasteiger partial charge in [0.1, 0.15) is 11.6 Å². The van der Waals surface area contributed by atoms with Crippen molar-refractivity contribution < 1.29 is 29.1 Å². The quantitative estimate of drug-likeness (QED) is 0.715. The smallest absolute Gasteiger partial charge is 0.329 e. The lowest BCUT2D eigenvalue weighted by Gasteiger charge is -2.31. The molecule has 2 atom stereocenters. The Bertz CT molecular complexity index is 958. The molecule has 1 aromatic rings. The molecular weight excluding hydrogens is 378 g/mol. The fourth-order valence-corrected chi connectivity index (χ4v) is 4.35. The minimum atomic E-state index is -1.27. The third-order valence-electron chi connectivity index (χ3n) is 6.12. The number of hydrogen-bond donors (Lipinski definition) is 2. The van der Waals surface area contributed by atoms with Crippen LogP contribution in [-0.2, 0) is 20.9 Å². The molecular formula is C20H21N3O6. The van der Waals surface area contributed by atoms with E-state index in [9.17, 15) is 29.1 Å². The molecule has 3 heterocycles. The molecule has 0 bridgehead atoms. The second kappa shape index (κ2) is 6.68. The van der Waals surface area contributed by atoms with Crippen molar-refractivity contribution in [1.29, 1.82) is 0 Å². The topological polar surface area (TPSA) is 124 Å². The molecule has 2 saturated heterocycles. The predicted molar refractivity (Wildman–Crippen MR) is 98.8 cm³/mol. The van der Waals surface area contributed by atoms with Gasteiger partial charge in [-0.1, -0.05) is 6.07 Å². The van der Waals surface area contributed by atoms with Crippen molar-refractivity contribution in [3.05, 3.63) is 34.9 Å². The molecule has 0 radical (unpaired) electrons. The van der Waals surface area contributed by atoms with Gasteiger partial charge in [-0.15, -0.1) is 0 Å². The average molecular weight is 399 g/mol. The summed E-state index contributed by atoms with van der Waals surface area (Å²) in [5, 5.41) is 11.8. The summed E-state index contributed by atoms with van der Waals surface area (Å²) in [6.45, 7) is 2.10. The van der Waals surface area contributed by atoms with Crippen LogP contribution in [0.5, 0.6) is 0 Å². The number of amides is 4. The van der Waals surface area contributed by atoms with Gasteiger partial charge in [0.05, 0.1) is 0 Å². The predicted octanol–water partition coefficient (Wildman–Crippen LogP) is 0.527. The Kier molecular flexibility index (Phi) is 4.40. The number of carboxylic acid groups (broad SMARTS) is 1. The van der Waals surface area contributed by atoms with Gasteiger partial charge in [0.25, 0.3) is 11.8 Å². The third-order valence-corrected chi connectivity index (χ3v) is 6.12. The fourth-order valence-electron chi connectivity index (χ4n) is 4.35. The second-order valence-corrected chi connectivity index (χ2v) is 7.91. The molecule has 2 N–H and O–H groups in total. The van der Waals surface area contributed by atoms with Crippen molar-refractivity contribution in [3.63, 3.8) is 0 Å². The van der Waals surface area contributed by atoms with Crippen molar-refractivity contribution in [2.45, 2.75) is 50.7 Å². The van der Waals surface area contributed by atoms with Gasteiger partial charge in [0.15, 0.2) is 0 Å². The largest absolute Gasteiger partial charge is 0.480 e. The summed E-state index contributed by atoms with van der Waals surface area (Å²) in [5.41, 5.74) is 0.00539. The molecule has 29 heavy (non-hydrogen) atoms. The van der Waals surface area contributed by atoms with Crippen LogP contribution in [0.1, 0.15) is 58.9 Å². The Balaban J connectivity index is 1.58. The highest BCUT2D eigenvalue weighted by Crippen LogP contribution is 2.33. The van der Waals surface area contributed by atoms with Crippen molar-refractivity contribution in [2.75, 3.05) is 6.54 Å². The first-order valence-corrected chi connectivity index (χ1v) is 9.55. The molecule has 4 rings (SSSR count). The number of fused-ring (bicyclic) bond motifs is 1. The van der Waals surface area contributed by atoms with Crippen molar-refractivity contribution in [3.8, 4) is 0 Å². The van der Waals surface area contributed by atoms with Crippen LogP contribution in [0.3, 0.4) is 0 Å². The highest BCUT2D eigenvalue weighted by Gasteiger charge is 2.46. The number of rotatable bonds is 3. The van der Waals surface area contributed by atoms with Crippen LogP contribution < -0.4 is 5.32 Å². The fraction of sp³-hybridized carbons (Fsp3) is 0.450. The zero-order valence-corrected chi connectivity index (χ0v) is 15.9. The van der Waals surface area contributed by atoms with Crippen molar-refractivity contribution >= 4 is 29.6 Å². The average Bonchev–Trinajstić information content (AvgIpc) is 3.22. The van der Waals surface area contributed by atoms with E-state index in [0.29, 0.717) is 30.5 Å². The van der Waals surface area contributed by atoms with Crippen LogP contribution in [-0.4, -0.2) is 62.6 Å². The number of nitrogens with zero attached hydrogens (tertiary/aromatic N) is 2. The molecule has 3 aliphatic heterocycles. The molecule has 4 amide bonds. The number of hydrogen-bond acceptors (Lipinski definition) is 5. The molecule has 9 nitrogen and oxygen atoms in total. The van der Waals surface area contributed by atoms with E-state index < -0.39 is 29.4 Å². The number of nitrogens with one attached hydrogen (secondary N) is 1. The number of benzene rings is 1. The van der Waals surface area contributed by atoms with Gasteiger partial charge in [0, 0.05) is 30.6 Å². The summed E-state index contributed by atoms with van der Waals surface area (Å²) in [6, 6.07) is 4.01. The SMILES string of the molecule is C[C@]1(C(=O)O)CCCN1C(=O)c1ccc2c(c1)C(=O)N(C1CCC(=O)NC1=O)C2. The van der Waals surface area contributed by atoms with E-state index in [1.165, 1.54) is 22.8 Å². The molecule has 3 aliphatic rings. The summed E-state index contributed by atoms with van der Waals surface area (Å²) < 4.78 is 0. The van der Waals surface area contributed by atoms with Crippen LogP contribution in [0.2, 0.25) is 0 Å². The third kappa shape index (κ3) is 2.97. The number of likely N-dealkylation sites (tertiary alicyclic amines) is 1. The van der Waals surface area contributed by atoms with Gasteiger partial charge >= 0.3 is 5.97 Å². The Morgan fingerprint density at radius 2 is 2.00 bits per heavy atom. The first-order chi connectivity index (χ1) is 13.7. The van der Waals surface area contributed by atoms with E-state index in [2.05, 4.69) is 5.32 Å². The van der Waals surface area contributed by atoms with E-state index >= 15 is 0 Å². The van der Waals surface area contributed by atoms with Gasteiger partial charge in [-0.25, -0.2) is 4.79 Å². The monoisotopic (exact) mass is 399 g/mol. The number of piperidine rings is 1. The maximum Gasteiger partial charge on any atom is 0.329 e. The lowest BCUT2D eigenvalue weighted by molar-refractivity contribution is -0.147. The number of imide groups is 1. The van der Waals surface area contributed by atoms with Crippen LogP contribution >= 0.6 is 0 Å². The van der Waals surface area contributed by atoms with Gasteiger partial charge in [-0.05, 0) is 43.9 Å². The molecule has 0 spiro atoms. The molecule has 2 fully saturated rings. The first-order valence-electron chi connectivity index (χ1n) is 9.55. The number of carbonyl (C=O) groups is 5. The first kappa shape index (κ1) is 19.1. The molecule has 152 valence electrons. The summed E-state index contributed by atoms with van der Waals surface area (Å²) in [7, 11) is 0. The Hall–Kier alpha value is -3.23. The summed E-state index contributed by atoms with van der Waals surface area (Å²) in [5.74, 6) is -2.69. The molecule has 0 saturated carbocycles. The van der Waals surface area contributed by atoms with Gasteiger partial charge in [0.2, 0.25) is 11.8 Å². The molecule has 9 heteroatoms. The maximum atomic E-state index is 13.0. The molecule has 0 aliphatic carbocycles. The Morgan fingerprint density at radius 3 is 2.69 bits per heavy atom. The summed E-state index contributed by atoms with van der Waals surface area (Å²) in [6.07, 6.45) is 1.41. The Labute approximate surface area is 166 Å². The van der Waals surface area contributed by atoms with Crippen LogP contribution in [0.4, 0.5) is 0 Å². The lowest BCUT2D eigenvalue weighted by atomic mass is 9.98. The Morgan fingerprint density at radius 1 is 1.24 bits per heavy atom.